The zero-order chi connectivity index (χ0) is 20.9. The third-order valence-electron chi connectivity index (χ3n) is 4.32. The van der Waals surface area contributed by atoms with Gasteiger partial charge in [0, 0.05) is 35.0 Å². The van der Waals surface area contributed by atoms with Crippen LogP contribution in [0.2, 0.25) is 0 Å². The molecule has 7 nitrogen and oxygen atoms in total. The summed E-state index contributed by atoms with van der Waals surface area (Å²) in [6.07, 6.45) is 0. The molecule has 0 unspecified atom stereocenters. The van der Waals surface area contributed by atoms with Crippen LogP contribution < -0.4 is 10.6 Å². The van der Waals surface area contributed by atoms with E-state index in [0.717, 1.165) is 11.1 Å². The Labute approximate surface area is 172 Å². The molecule has 1 aromatic heterocycles. The van der Waals surface area contributed by atoms with Crippen LogP contribution in [-0.4, -0.2) is 22.0 Å². The minimum absolute atomic E-state index is 0.149. The van der Waals surface area contributed by atoms with Crippen LogP contribution in [0, 0.1) is 0 Å². The van der Waals surface area contributed by atoms with Crippen molar-refractivity contribution in [1.29, 1.82) is 0 Å². The fourth-order valence-electron chi connectivity index (χ4n) is 2.85. The molecular weight excluding hydrogens is 380 g/mol. The minimum Gasteiger partial charge on any atom is -0.334 e. The second-order valence-electron chi connectivity index (χ2n) is 6.58. The zero-order valence-electron chi connectivity index (χ0n) is 16.1. The molecule has 0 aliphatic rings. The standard InChI is InChI=1S/C23H18N4O3/c1-15(28)24-19-11-13-20(14-12-19)25-22(29)17-7-9-18(10-8-17)23-26-21(27-30-23)16-5-3-2-4-6-16/h2-14H,1H3,(H,24,28)(H,25,29). The zero-order valence-corrected chi connectivity index (χ0v) is 16.1. The molecule has 0 aliphatic heterocycles. The van der Waals surface area contributed by atoms with E-state index in [4.69, 9.17) is 4.52 Å². The number of benzene rings is 3. The molecule has 2 amide bonds. The first-order valence-corrected chi connectivity index (χ1v) is 9.27. The molecule has 0 bridgehead atoms. The van der Waals surface area contributed by atoms with Crippen molar-refractivity contribution in [3.05, 3.63) is 84.4 Å². The fraction of sp³-hybridized carbons (Fsp3) is 0.0435. The van der Waals surface area contributed by atoms with Crippen LogP contribution in [0.5, 0.6) is 0 Å². The maximum atomic E-state index is 12.5. The van der Waals surface area contributed by atoms with Gasteiger partial charge in [0.15, 0.2) is 0 Å². The Morgan fingerprint density at radius 3 is 2.03 bits per heavy atom. The number of anilines is 2. The third kappa shape index (κ3) is 4.41. The molecule has 0 aliphatic carbocycles. The largest absolute Gasteiger partial charge is 0.334 e. The second kappa shape index (κ2) is 8.40. The molecule has 30 heavy (non-hydrogen) atoms. The molecule has 0 saturated heterocycles. The van der Waals surface area contributed by atoms with E-state index >= 15 is 0 Å². The highest BCUT2D eigenvalue weighted by Crippen LogP contribution is 2.23. The maximum Gasteiger partial charge on any atom is 0.258 e. The van der Waals surface area contributed by atoms with E-state index in [1.807, 2.05) is 30.3 Å². The number of rotatable bonds is 5. The highest BCUT2D eigenvalue weighted by atomic mass is 16.5. The van der Waals surface area contributed by atoms with Crippen LogP contribution in [0.25, 0.3) is 22.8 Å². The highest BCUT2D eigenvalue weighted by Gasteiger charge is 2.12. The number of nitrogens with zero attached hydrogens (tertiary/aromatic N) is 2. The van der Waals surface area contributed by atoms with Gasteiger partial charge in [-0.2, -0.15) is 4.98 Å². The topological polar surface area (TPSA) is 97.1 Å². The molecule has 0 atom stereocenters. The van der Waals surface area contributed by atoms with Gasteiger partial charge >= 0.3 is 0 Å². The minimum atomic E-state index is -0.246. The predicted molar refractivity (Wildman–Crippen MR) is 114 cm³/mol. The molecular formula is C23H18N4O3. The summed E-state index contributed by atoms with van der Waals surface area (Å²) in [6, 6.07) is 23.4. The van der Waals surface area contributed by atoms with Crippen LogP contribution in [-0.2, 0) is 4.79 Å². The smallest absolute Gasteiger partial charge is 0.258 e. The van der Waals surface area contributed by atoms with Crippen molar-refractivity contribution >= 4 is 23.2 Å². The number of hydrogen-bond donors (Lipinski definition) is 2. The Balaban J connectivity index is 1.44. The molecule has 2 N–H and O–H groups in total. The Morgan fingerprint density at radius 2 is 1.40 bits per heavy atom. The molecule has 0 fully saturated rings. The molecule has 0 saturated carbocycles. The van der Waals surface area contributed by atoms with Crippen molar-refractivity contribution in [2.75, 3.05) is 10.6 Å². The predicted octanol–water partition coefficient (Wildman–Crippen LogP) is 4.61. The summed E-state index contributed by atoms with van der Waals surface area (Å²) in [6.45, 7) is 1.44. The number of aromatic nitrogens is 2. The van der Waals surface area contributed by atoms with Crippen LogP contribution in [0.3, 0.4) is 0 Å². The van der Waals surface area contributed by atoms with Gasteiger partial charge in [0.2, 0.25) is 11.7 Å². The van der Waals surface area contributed by atoms with Gasteiger partial charge in [-0.1, -0.05) is 35.5 Å². The maximum absolute atomic E-state index is 12.5. The van der Waals surface area contributed by atoms with E-state index in [0.29, 0.717) is 28.7 Å². The molecule has 148 valence electrons. The number of amides is 2. The van der Waals surface area contributed by atoms with Crippen molar-refractivity contribution in [3.8, 4) is 22.8 Å². The lowest BCUT2D eigenvalue weighted by atomic mass is 10.1. The van der Waals surface area contributed by atoms with Crippen LogP contribution >= 0.6 is 0 Å². The summed E-state index contributed by atoms with van der Waals surface area (Å²) in [4.78, 5) is 28.0. The lowest BCUT2D eigenvalue weighted by Gasteiger charge is -2.07. The van der Waals surface area contributed by atoms with Gasteiger partial charge in [0.1, 0.15) is 0 Å². The summed E-state index contributed by atoms with van der Waals surface area (Å²) in [5, 5.41) is 9.51. The number of hydrogen-bond acceptors (Lipinski definition) is 5. The van der Waals surface area contributed by atoms with Gasteiger partial charge < -0.3 is 15.2 Å². The first-order chi connectivity index (χ1) is 14.6. The lowest BCUT2D eigenvalue weighted by molar-refractivity contribution is -0.114. The first kappa shape index (κ1) is 19.1. The SMILES string of the molecule is CC(=O)Nc1ccc(NC(=O)c2ccc(-c3nc(-c4ccccc4)no3)cc2)cc1. The quantitative estimate of drug-likeness (QED) is 0.511. The number of carbonyl (C=O) groups excluding carboxylic acids is 2. The fourth-order valence-corrected chi connectivity index (χ4v) is 2.85. The first-order valence-electron chi connectivity index (χ1n) is 9.27. The summed E-state index contributed by atoms with van der Waals surface area (Å²) in [5.41, 5.74) is 3.38. The Morgan fingerprint density at radius 1 is 0.767 bits per heavy atom. The van der Waals surface area contributed by atoms with Crippen molar-refractivity contribution in [1.82, 2.24) is 10.1 Å². The molecule has 0 spiro atoms. The summed E-state index contributed by atoms with van der Waals surface area (Å²) < 4.78 is 5.35. The average molecular weight is 398 g/mol. The van der Waals surface area contributed by atoms with Crippen LogP contribution in [0.15, 0.2) is 83.4 Å². The number of carbonyl (C=O) groups is 2. The summed E-state index contributed by atoms with van der Waals surface area (Å²) in [7, 11) is 0. The van der Waals surface area contributed by atoms with Gasteiger partial charge in [0.25, 0.3) is 11.8 Å². The van der Waals surface area contributed by atoms with Gasteiger partial charge in [-0.05, 0) is 48.5 Å². The van der Waals surface area contributed by atoms with Gasteiger partial charge in [-0.15, -0.1) is 0 Å². The molecule has 0 radical (unpaired) electrons. The van der Waals surface area contributed by atoms with E-state index in [2.05, 4.69) is 20.8 Å². The Kier molecular flexibility index (Phi) is 5.34. The second-order valence-corrected chi connectivity index (χ2v) is 6.58. The Bertz CT molecular complexity index is 1170. The van der Waals surface area contributed by atoms with E-state index in [-0.39, 0.29) is 11.8 Å². The summed E-state index contributed by atoms with van der Waals surface area (Å²) in [5.74, 6) is 0.498. The lowest BCUT2D eigenvalue weighted by Crippen LogP contribution is -2.12. The van der Waals surface area contributed by atoms with E-state index in [9.17, 15) is 9.59 Å². The van der Waals surface area contributed by atoms with Gasteiger partial charge in [0.05, 0.1) is 0 Å². The van der Waals surface area contributed by atoms with Crippen molar-refractivity contribution < 1.29 is 14.1 Å². The van der Waals surface area contributed by atoms with Crippen molar-refractivity contribution in [2.45, 2.75) is 6.92 Å². The average Bonchev–Trinajstić information content (AvgIpc) is 3.26. The Hall–Kier alpha value is -4.26. The number of nitrogens with one attached hydrogen (secondary N) is 2. The van der Waals surface area contributed by atoms with Gasteiger partial charge in [-0.25, -0.2) is 0 Å². The van der Waals surface area contributed by atoms with Gasteiger partial charge in [-0.3, -0.25) is 9.59 Å². The molecule has 4 aromatic rings. The van der Waals surface area contributed by atoms with Crippen LogP contribution in [0.1, 0.15) is 17.3 Å². The van der Waals surface area contributed by atoms with Crippen molar-refractivity contribution in [2.24, 2.45) is 0 Å². The molecule has 4 rings (SSSR count). The monoisotopic (exact) mass is 398 g/mol. The normalized spacial score (nSPS) is 10.4. The molecule has 3 aromatic carbocycles. The van der Waals surface area contributed by atoms with Crippen molar-refractivity contribution in [3.63, 3.8) is 0 Å². The van der Waals surface area contributed by atoms with E-state index in [1.165, 1.54) is 6.92 Å². The molecule has 7 heteroatoms. The molecule has 1 heterocycles. The summed E-state index contributed by atoms with van der Waals surface area (Å²) >= 11 is 0. The van der Waals surface area contributed by atoms with Crippen LogP contribution in [0.4, 0.5) is 11.4 Å². The highest BCUT2D eigenvalue weighted by molar-refractivity contribution is 6.04. The van der Waals surface area contributed by atoms with E-state index < -0.39 is 0 Å². The van der Waals surface area contributed by atoms with E-state index in [1.54, 1.807) is 48.5 Å². The third-order valence-corrected chi connectivity index (χ3v) is 4.32.